The minimum Gasteiger partial charge on any atom is -0.497 e. The van der Waals surface area contributed by atoms with Crippen LogP contribution in [0.1, 0.15) is 61.9 Å². The number of nitrogens with zero attached hydrogens (tertiary/aromatic N) is 1. The van der Waals surface area contributed by atoms with Crippen LogP contribution >= 0.6 is 0 Å². The van der Waals surface area contributed by atoms with Gasteiger partial charge in [0.15, 0.2) is 0 Å². The van der Waals surface area contributed by atoms with Crippen molar-refractivity contribution < 1.29 is 4.74 Å². The number of anilines is 1. The molecule has 0 bridgehead atoms. The van der Waals surface area contributed by atoms with Crippen LogP contribution in [-0.2, 0) is 6.42 Å². The minimum absolute atomic E-state index is 0.0419. The number of nitrogens with one attached hydrogen (secondary N) is 2. The first kappa shape index (κ1) is 16.9. The molecule has 138 valence electrons. The summed E-state index contributed by atoms with van der Waals surface area (Å²) < 4.78 is 6.66. The number of H-pyrrole nitrogens is 1. The van der Waals surface area contributed by atoms with Crippen LogP contribution < -0.4 is 21.3 Å². The van der Waals surface area contributed by atoms with Crippen molar-refractivity contribution in [3.8, 4) is 5.75 Å². The van der Waals surface area contributed by atoms with Gasteiger partial charge in [-0.3, -0.25) is 9.36 Å². The van der Waals surface area contributed by atoms with Crippen molar-refractivity contribution >= 4 is 5.69 Å². The summed E-state index contributed by atoms with van der Waals surface area (Å²) in [4.78, 5) is 28.6. The maximum Gasteiger partial charge on any atom is 0.328 e. The summed E-state index contributed by atoms with van der Waals surface area (Å²) in [5.41, 5.74) is 2.11. The maximum absolute atomic E-state index is 13.0. The van der Waals surface area contributed by atoms with E-state index >= 15 is 0 Å². The molecular formula is C20H25N3O3. The first-order valence-corrected chi connectivity index (χ1v) is 9.45. The Morgan fingerprint density at radius 1 is 1.08 bits per heavy atom. The second-order valence-corrected chi connectivity index (χ2v) is 7.25. The molecule has 6 heteroatoms. The van der Waals surface area contributed by atoms with E-state index in [0.717, 1.165) is 54.8 Å². The molecule has 2 aliphatic carbocycles. The third-order valence-corrected chi connectivity index (χ3v) is 5.66. The number of hydrogen-bond donors (Lipinski definition) is 2. The van der Waals surface area contributed by atoms with E-state index in [0.29, 0.717) is 6.42 Å². The zero-order chi connectivity index (χ0) is 18.1. The summed E-state index contributed by atoms with van der Waals surface area (Å²) >= 11 is 0. The van der Waals surface area contributed by atoms with E-state index in [2.05, 4.69) is 10.3 Å². The minimum atomic E-state index is -0.260. The highest BCUT2D eigenvalue weighted by Gasteiger charge is 2.29. The van der Waals surface area contributed by atoms with E-state index in [4.69, 9.17) is 4.74 Å². The van der Waals surface area contributed by atoms with Gasteiger partial charge in [0, 0.05) is 17.3 Å². The molecule has 26 heavy (non-hydrogen) atoms. The molecule has 0 unspecified atom stereocenters. The maximum atomic E-state index is 13.0. The SMILES string of the molecule is COc1ccc(N[C@H]2CCc3c2[nH]c(=O)n(C2CCCCC2)c3=O)cc1. The molecule has 0 amide bonds. The first-order chi connectivity index (χ1) is 12.7. The molecule has 6 nitrogen and oxygen atoms in total. The van der Waals surface area contributed by atoms with Crippen molar-refractivity contribution in [2.75, 3.05) is 12.4 Å². The van der Waals surface area contributed by atoms with Crippen molar-refractivity contribution in [2.24, 2.45) is 0 Å². The van der Waals surface area contributed by atoms with Crippen molar-refractivity contribution in [3.05, 3.63) is 56.4 Å². The van der Waals surface area contributed by atoms with Gasteiger partial charge < -0.3 is 15.0 Å². The van der Waals surface area contributed by atoms with Crippen molar-refractivity contribution in [1.82, 2.24) is 9.55 Å². The normalized spacial score (nSPS) is 20.0. The molecule has 1 saturated carbocycles. The molecule has 2 N–H and O–H groups in total. The smallest absolute Gasteiger partial charge is 0.328 e. The number of fused-ring (bicyclic) bond motifs is 1. The van der Waals surface area contributed by atoms with Gasteiger partial charge in [-0.15, -0.1) is 0 Å². The number of methoxy groups -OCH3 is 1. The van der Waals surface area contributed by atoms with Crippen LogP contribution in [-0.4, -0.2) is 16.7 Å². The second kappa shape index (κ2) is 7.02. The number of ether oxygens (including phenoxy) is 1. The van der Waals surface area contributed by atoms with Gasteiger partial charge in [0.25, 0.3) is 5.56 Å². The van der Waals surface area contributed by atoms with Gasteiger partial charge >= 0.3 is 5.69 Å². The van der Waals surface area contributed by atoms with Crippen LogP contribution in [0.4, 0.5) is 5.69 Å². The molecular weight excluding hydrogens is 330 g/mol. The highest BCUT2D eigenvalue weighted by molar-refractivity contribution is 5.49. The molecule has 2 aliphatic rings. The van der Waals surface area contributed by atoms with Gasteiger partial charge in [-0.05, 0) is 49.9 Å². The predicted octanol–water partition coefficient (Wildman–Crippen LogP) is 3.15. The summed E-state index contributed by atoms with van der Waals surface area (Å²) in [6.07, 6.45) is 6.74. The summed E-state index contributed by atoms with van der Waals surface area (Å²) in [6, 6.07) is 7.68. The average molecular weight is 355 g/mol. The lowest BCUT2D eigenvalue weighted by molar-refractivity contribution is 0.335. The molecule has 1 heterocycles. The quantitative estimate of drug-likeness (QED) is 0.883. The second-order valence-electron chi connectivity index (χ2n) is 7.25. The standard InChI is InChI=1S/C20H25N3O3/c1-26-15-9-7-13(8-10-15)21-17-12-11-16-18(17)22-20(25)23(19(16)24)14-5-3-2-4-6-14/h7-10,14,17,21H,2-6,11-12H2,1H3,(H,22,25)/t17-/m0/s1. The lowest BCUT2D eigenvalue weighted by Gasteiger charge is -2.24. The molecule has 1 fully saturated rings. The van der Waals surface area contributed by atoms with E-state index in [1.54, 1.807) is 7.11 Å². The van der Waals surface area contributed by atoms with Crippen LogP contribution in [0.3, 0.4) is 0 Å². The molecule has 0 aliphatic heterocycles. The van der Waals surface area contributed by atoms with Crippen molar-refractivity contribution in [1.29, 1.82) is 0 Å². The lowest BCUT2D eigenvalue weighted by atomic mass is 9.95. The van der Waals surface area contributed by atoms with Crippen molar-refractivity contribution in [2.45, 2.75) is 57.0 Å². The Kier molecular flexibility index (Phi) is 4.57. The van der Waals surface area contributed by atoms with Gasteiger partial charge in [0.05, 0.1) is 18.8 Å². The number of rotatable bonds is 4. The molecule has 1 atom stereocenters. The average Bonchev–Trinajstić information content (AvgIpc) is 3.06. The monoisotopic (exact) mass is 355 g/mol. The Balaban J connectivity index is 1.62. The summed E-state index contributed by atoms with van der Waals surface area (Å²) in [7, 11) is 1.64. The summed E-state index contributed by atoms with van der Waals surface area (Å²) in [5.74, 6) is 0.797. The fourth-order valence-electron chi connectivity index (χ4n) is 4.28. The van der Waals surface area contributed by atoms with Gasteiger partial charge in [-0.1, -0.05) is 19.3 Å². The molecule has 1 aromatic carbocycles. The van der Waals surface area contributed by atoms with Crippen LogP contribution in [0.25, 0.3) is 0 Å². The largest absolute Gasteiger partial charge is 0.497 e. The Morgan fingerprint density at radius 2 is 1.81 bits per heavy atom. The van der Waals surface area contributed by atoms with E-state index in [1.165, 1.54) is 11.0 Å². The van der Waals surface area contributed by atoms with Gasteiger partial charge in [-0.2, -0.15) is 0 Å². The van der Waals surface area contributed by atoms with Crippen LogP contribution in [0.5, 0.6) is 5.75 Å². The molecule has 0 radical (unpaired) electrons. The fourth-order valence-corrected chi connectivity index (χ4v) is 4.28. The van der Waals surface area contributed by atoms with E-state index < -0.39 is 0 Å². The number of aromatic amines is 1. The van der Waals surface area contributed by atoms with E-state index in [9.17, 15) is 9.59 Å². The highest BCUT2D eigenvalue weighted by atomic mass is 16.5. The lowest BCUT2D eigenvalue weighted by Crippen LogP contribution is -2.41. The van der Waals surface area contributed by atoms with Gasteiger partial charge in [0.1, 0.15) is 5.75 Å². The number of aromatic nitrogens is 2. The topological polar surface area (TPSA) is 76.1 Å². The molecule has 0 spiro atoms. The fraction of sp³-hybridized carbons (Fsp3) is 0.500. The Morgan fingerprint density at radius 3 is 2.50 bits per heavy atom. The Bertz CT molecular complexity index is 892. The van der Waals surface area contributed by atoms with Crippen LogP contribution in [0, 0.1) is 0 Å². The third-order valence-electron chi connectivity index (χ3n) is 5.66. The predicted molar refractivity (Wildman–Crippen MR) is 101 cm³/mol. The summed E-state index contributed by atoms with van der Waals surface area (Å²) in [5, 5.41) is 3.43. The summed E-state index contributed by atoms with van der Waals surface area (Å²) in [6.45, 7) is 0. The van der Waals surface area contributed by atoms with E-state index in [1.807, 2.05) is 24.3 Å². The zero-order valence-corrected chi connectivity index (χ0v) is 15.1. The van der Waals surface area contributed by atoms with E-state index in [-0.39, 0.29) is 23.3 Å². The number of benzene rings is 1. The van der Waals surface area contributed by atoms with Crippen LogP contribution in [0.15, 0.2) is 33.9 Å². The first-order valence-electron chi connectivity index (χ1n) is 9.45. The van der Waals surface area contributed by atoms with Crippen LogP contribution in [0.2, 0.25) is 0 Å². The molecule has 1 aromatic heterocycles. The molecule has 0 saturated heterocycles. The Labute approximate surface area is 152 Å². The Hall–Kier alpha value is -2.50. The third kappa shape index (κ3) is 3.04. The highest BCUT2D eigenvalue weighted by Crippen LogP contribution is 2.31. The van der Waals surface area contributed by atoms with Gasteiger partial charge in [0.2, 0.25) is 0 Å². The molecule has 4 rings (SSSR count). The van der Waals surface area contributed by atoms with Gasteiger partial charge in [-0.25, -0.2) is 4.79 Å². The van der Waals surface area contributed by atoms with Crippen molar-refractivity contribution in [3.63, 3.8) is 0 Å². The molecule has 2 aromatic rings. The number of hydrogen-bond acceptors (Lipinski definition) is 4. The zero-order valence-electron chi connectivity index (χ0n) is 15.1.